The van der Waals surface area contributed by atoms with Gasteiger partial charge in [-0.3, -0.25) is 14.5 Å². The summed E-state index contributed by atoms with van der Waals surface area (Å²) >= 11 is 0. The van der Waals surface area contributed by atoms with E-state index in [9.17, 15) is 4.79 Å². The maximum Gasteiger partial charge on any atom is 0.221 e. The first-order valence-electron chi connectivity index (χ1n) is 11.2. The van der Waals surface area contributed by atoms with E-state index in [4.69, 9.17) is 5.26 Å². The molecule has 0 spiro atoms. The molecule has 2 aromatic heterocycles. The molecular formula is C24H27N9O. The van der Waals surface area contributed by atoms with Gasteiger partial charge >= 0.3 is 0 Å². The normalized spacial score (nSPS) is 10.8. The number of rotatable bonds is 12. The van der Waals surface area contributed by atoms with Crippen LogP contribution in [0.2, 0.25) is 0 Å². The first-order valence-corrected chi connectivity index (χ1v) is 11.2. The zero-order valence-electron chi connectivity index (χ0n) is 18.8. The topological polar surface area (TPSA) is 136 Å². The van der Waals surface area contributed by atoms with Crippen molar-refractivity contribution in [2.75, 3.05) is 25.0 Å². The lowest BCUT2D eigenvalue weighted by Crippen LogP contribution is -2.29. The molecule has 1 amide bonds. The van der Waals surface area contributed by atoms with E-state index in [-0.39, 0.29) is 5.91 Å². The zero-order valence-corrected chi connectivity index (χ0v) is 18.8. The molecule has 0 fully saturated rings. The fourth-order valence-electron chi connectivity index (χ4n) is 3.67. The molecule has 2 aromatic carbocycles. The van der Waals surface area contributed by atoms with Crippen LogP contribution < -0.4 is 16.0 Å². The van der Waals surface area contributed by atoms with Crippen molar-refractivity contribution in [3.63, 3.8) is 0 Å². The molecule has 4 N–H and O–H groups in total. The van der Waals surface area contributed by atoms with E-state index in [0.717, 1.165) is 39.8 Å². The predicted molar refractivity (Wildman–Crippen MR) is 129 cm³/mol. The third-order valence-corrected chi connectivity index (χ3v) is 5.38. The number of benzene rings is 2. The van der Waals surface area contributed by atoms with E-state index in [1.54, 1.807) is 18.9 Å². The van der Waals surface area contributed by atoms with Gasteiger partial charge in [-0.15, -0.1) is 10.2 Å². The van der Waals surface area contributed by atoms with Crippen LogP contribution in [0.5, 0.6) is 0 Å². The Labute approximate surface area is 197 Å². The second kappa shape index (κ2) is 11.6. The van der Waals surface area contributed by atoms with Crippen molar-refractivity contribution in [2.24, 2.45) is 0 Å². The largest absolute Gasteiger partial charge is 0.384 e. The molecule has 2 heterocycles. The number of amides is 1. The number of hydrogen-bond acceptors (Lipinski definition) is 7. The van der Waals surface area contributed by atoms with Gasteiger partial charge in [-0.2, -0.15) is 10.4 Å². The Morgan fingerprint density at radius 3 is 2.79 bits per heavy atom. The molecule has 4 aromatic rings. The lowest BCUT2D eigenvalue weighted by Gasteiger charge is -2.11. The summed E-state index contributed by atoms with van der Waals surface area (Å²) in [5.41, 5.74) is 4.93. The van der Waals surface area contributed by atoms with Gasteiger partial charge in [0.1, 0.15) is 12.7 Å². The van der Waals surface area contributed by atoms with E-state index < -0.39 is 0 Å². The van der Waals surface area contributed by atoms with Crippen LogP contribution in [0.4, 0.5) is 5.69 Å². The Bertz CT molecular complexity index is 1260. The van der Waals surface area contributed by atoms with Crippen molar-refractivity contribution >= 4 is 22.5 Å². The van der Waals surface area contributed by atoms with Crippen LogP contribution in [0.15, 0.2) is 55.2 Å². The van der Waals surface area contributed by atoms with Gasteiger partial charge in [0, 0.05) is 43.7 Å². The molecule has 0 aliphatic heterocycles. The number of nitrogens with zero attached hydrogens (tertiary/aromatic N) is 5. The Morgan fingerprint density at radius 2 is 1.94 bits per heavy atom. The molecule has 0 aliphatic carbocycles. The van der Waals surface area contributed by atoms with Crippen LogP contribution in [0.1, 0.15) is 24.0 Å². The van der Waals surface area contributed by atoms with Crippen molar-refractivity contribution < 1.29 is 4.79 Å². The Hall–Kier alpha value is -4.23. The third-order valence-electron chi connectivity index (χ3n) is 5.38. The van der Waals surface area contributed by atoms with Crippen LogP contribution in [0.3, 0.4) is 0 Å². The van der Waals surface area contributed by atoms with Gasteiger partial charge < -0.3 is 16.0 Å². The molecule has 0 bridgehead atoms. The number of hydrogen-bond donors (Lipinski definition) is 4. The summed E-state index contributed by atoms with van der Waals surface area (Å²) < 4.78 is 1.84. The van der Waals surface area contributed by atoms with Gasteiger partial charge in [0.15, 0.2) is 0 Å². The number of carbonyl (C=O) groups excluding carboxylic acids is 1. The molecular weight excluding hydrogens is 430 g/mol. The summed E-state index contributed by atoms with van der Waals surface area (Å²) in [7, 11) is 0. The molecule has 0 aliphatic rings. The number of aromatic nitrogens is 5. The Morgan fingerprint density at radius 1 is 1.09 bits per heavy atom. The van der Waals surface area contributed by atoms with Gasteiger partial charge in [-0.05, 0) is 29.7 Å². The monoisotopic (exact) mass is 457 g/mol. The van der Waals surface area contributed by atoms with Crippen LogP contribution >= 0.6 is 0 Å². The van der Waals surface area contributed by atoms with Crippen LogP contribution in [0.25, 0.3) is 16.6 Å². The molecule has 10 heteroatoms. The summed E-state index contributed by atoms with van der Waals surface area (Å²) in [6.07, 6.45) is 6.71. The number of H-pyrrole nitrogens is 1. The predicted octanol–water partition coefficient (Wildman–Crippen LogP) is 2.31. The van der Waals surface area contributed by atoms with Gasteiger partial charge in [-0.25, -0.2) is 0 Å². The standard InChI is InChI=1S/C24H27N9O/c25-7-5-18-3-1-4-19(11-18)14-26-10-6-24(34)28-9-2-8-27-22-12-20(33-16-30-31-17-33)13-23-21(22)15-29-32-23/h1,3-4,11-13,15-17,26-27H,2,5-6,8-10,14H2,(H,28,34)(H,29,32). The van der Waals surface area contributed by atoms with Crippen molar-refractivity contribution in [2.45, 2.75) is 25.8 Å². The summed E-state index contributed by atoms with van der Waals surface area (Å²) in [6.45, 7) is 2.58. The molecule has 34 heavy (non-hydrogen) atoms. The molecule has 0 radical (unpaired) electrons. The van der Waals surface area contributed by atoms with Crippen molar-refractivity contribution in [3.05, 3.63) is 66.4 Å². The molecule has 174 valence electrons. The summed E-state index contributed by atoms with van der Waals surface area (Å²) in [6, 6.07) is 14.1. The molecule has 0 saturated carbocycles. The molecule has 4 rings (SSSR count). The highest BCUT2D eigenvalue weighted by Gasteiger charge is 2.08. The van der Waals surface area contributed by atoms with E-state index >= 15 is 0 Å². The third kappa shape index (κ3) is 6.17. The fraction of sp³-hybridized carbons (Fsp3) is 0.292. The number of aromatic amines is 1. The first-order chi connectivity index (χ1) is 16.7. The first kappa shape index (κ1) is 22.9. The summed E-state index contributed by atoms with van der Waals surface area (Å²) in [5.74, 6) is 0.0255. The highest BCUT2D eigenvalue weighted by Crippen LogP contribution is 2.25. The molecule has 0 atom stereocenters. The lowest BCUT2D eigenvalue weighted by atomic mass is 10.1. The lowest BCUT2D eigenvalue weighted by molar-refractivity contribution is -0.120. The SMILES string of the molecule is N#CCc1cccc(CNCCC(=O)NCCCNc2cc(-n3cnnc3)cc3[nH]ncc23)c1. The highest BCUT2D eigenvalue weighted by molar-refractivity contribution is 5.93. The minimum atomic E-state index is 0.0255. The smallest absolute Gasteiger partial charge is 0.221 e. The number of fused-ring (bicyclic) bond motifs is 1. The quantitative estimate of drug-likeness (QED) is 0.240. The fourth-order valence-corrected chi connectivity index (χ4v) is 3.67. The number of carbonyl (C=O) groups is 1. The van der Waals surface area contributed by atoms with Crippen LogP contribution in [0, 0.1) is 11.3 Å². The van der Waals surface area contributed by atoms with Crippen LogP contribution in [-0.2, 0) is 17.8 Å². The maximum absolute atomic E-state index is 12.1. The average molecular weight is 458 g/mol. The number of anilines is 1. The molecule has 0 unspecified atom stereocenters. The second-order valence-electron chi connectivity index (χ2n) is 7.91. The van der Waals surface area contributed by atoms with Gasteiger partial charge in [-0.1, -0.05) is 24.3 Å². The van der Waals surface area contributed by atoms with Crippen LogP contribution in [-0.4, -0.2) is 50.5 Å². The van der Waals surface area contributed by atoms with Crippen molar-refractivity contribution in [1.82, 2.24) is 35.6 Å². The number of nitrogens with one attached hydrogen (secondary N) is 4. The average Bonchev–Trinajstić information content (AvgIpc) is 3.54. The summed E-state index contributed by atoms with van der Waals surface area (Å²) in [5, 5.41) is 34.4. The Kier molecular flexibility index (Phi) is 7.82. The van der Waals surface area contributed by atoms with E-state index in [2.05, 4.69) is 42.4 Å². The van der Waals surface area contributed by atoms with Gasteiger partial charge in [0.05, 0.1) is 29.9 Å². The maximum atomic E-state index is 12.1. The second-order valence-corrected chi connectivity index (χ2v) is 7.91. The van der Waals surface area contributed by atoms with Crippen molar-refractivity contribution in [3.8, 4) is 11.8 Å². The highest BCUT2D eigenvalue weighted by atomic mass is 16.1. The summed E-state index contributed by atoms with van der Waals surface area (Å²) in [4.78, 5) is 12.1. The van der Waals surface area contributed by atoms with Gasteiger partial charge in [0.25, 0.3) is 0 Å². The van der Waals surface area contributed by atoms with E-state index in [1.165, 1.54) is 0 Å². The Balaban J connectivity index is 1.15. The minimum Gasteiger partial charge on any atom is -0.384 e. The number of nitriles is 1. The van der Waals surface area contributed by atoms with E-state index in [1.807, 2.05) is 41.0 Å². The minimum absolute atomic E-state index is 0.0255. The molecule has 0 saturated heterocycles. The van der Waals surface area contributed by atoms with Crippen molar-refractivity contribution in [1.29, 1.82) is 5.26 Å². The molecule has 10 nitrogen and oxygen atoms in total. The van der Waals surface area contributed by atoms with E-state index in [0.29, 0.717) is 39.0 Å². The van der Waals surface area contributed by atoms with Gasteiger partial charge in [0.2, 0.25) is 5.91 Å². The zero-order chi connectivity index (χ0) is 23.6.